The predicted molar refractivity (Wildman–Crippen MR) is 181 cm³/mol. The van der Waals surface area contributed by atoms with Crippen LogP contribution in [0, 0.1) is 11.8 Å². The quantitative estimate of drug-likeness (QED) is 0.0862. The van der Waals surface area contributed by atoms with Crippen molar-refractivity contribution in [3.05, 3.63) is 23.0 Å². The van der Waals surface area contributed by atoms with E-state index in [2.05, 4.69) is 45.1 Å². The fourth-order valence-corrected chi connectivity index (χ4v) is 6.77. The zero-order chi connectivity index (χ0) is 28.7. The number of unbranched alkanes of at least 4 members (excludes halogenated alkanes) is 16. The van der Waals surface area contributed by atoms with E-state index in [4.69, 9.17) is 4.99 Å². The summed E-state index contributed by atoms with van der Waals surface area (Å²) in [6.45, 7) is 9.28. The minimum absolute atomic E-state index is 0.789. The van der Waals surface area contributed by atoms with Gasteiger partial charge in [0.2, 0.25) is 0 Å². The SMILES string of the molecule is CCCCCCCCC(CCCCCC)CC1=NC(CC(CCCCCC)CCCCCCCC)=C2C=NC=C12. The van der Waals surface area contributed by atoms with Gasteiger partial charge in [-0.25, -0.2) is 0 Å². The van der Waals surface area contributed by atoms with Crippen LogP contribution in [0.5, 0.6) is 0 Å². The van der Waals surface area contributed by atoms with Crippen molar-refractivity contribution in [2.45, 2.75) is 195 Å². The topological polar surface area (TPSA) is 24.7 Å². The van der Waals surface area contributed by atoms with E-state index in [1.807, 2.05) is 0 Å². The maximum absolute atomic E-state index is 5.42. The van der Waals surface area contributed by atoms with E-state index >= 15 is 0 Å². The third-order valence-corrected chi connectivity index (χ3v) is 9.42. The van der Waals surface area contributed by atoms with Gasteiger partial charge in [0.25, 0.3) is 0 Å². The number of rotatable bonds is 28. The van der Waals surface area contributed by atoms with Crippen LogP contribution in [0.1, 0.15) is 195 Å². The molecule has 2 aliphatic rings. The van der Waals surface area contributed by atoms with E-state index in [9.17, 15) is 0 Å². The highest BCUT2D eigenvalue weighted by Crippen LogP contribution is 2.37. The van der Waals surface area contributed by atoms with E-state index in [0.29, 0.717) is 0 Å². The summed E-state index contributed by atoms with van der Waals surface area (Å²) in [6, 6.07) is 0. The fourth-order valence-electron chi connectivity index (χ4n) is 6.77. The van der Waals surface area contributed by atoms with Crippen molar-refractivity contribution in [3.8, 4) is 0 Å². The first-order valence-electron chi connectivity index (χ1n) is 18.3. The molecule has 2 atom stereocenters. The Labute approximate surface area is 251 Å². The van der Waals surface area contributed by atoms with Gasteiger partial charge < -0.3 is 0 Å². The second-order valence-electron chi connectivity index (χ2n) is 13.2. The van der Waals surface area contributed by atoms with Gasteiger partial charge in [0.15, 0.2) is 0 Å². The van der Waals surface area contributed by atoms with Gasteiger partial charge in [0, 0.05) is 23.6 Å². The van der Waals surface area contributed by atoms with Gasteiger partial charge in [-0.2, -0.15) is 0 Å². The molecule has 0 spiro atoms. The second kappa shape index (κ2) is 23.4. The summed E-state index contributed by atoms with van der Waals surface area (Å²) in [5.74, 6) is 1.58. The molecule has 0 radical (unpaired) electrons. The molecular weight excluding hydrogens is 484 g/mol. The highest BCUT2D eigenvalue weighted by molar-refractivity contribution is 6.15. The van der Waals surface area contributed by atoms with Crippen LogP contribution in [0.3, 0.4) is 0 Å². The van der Waals surface area contributed by atoms with Crippen LogP contribution in [0.4, 0.5) is 0 Å². The van der Waals surface area contributed by atoms with Gasteiger partial charge in [-0.1, -0.05) is 182 Å². The van der Waals surface area contributed by atoms with Crippen LogP contribution < -0.4 is 0 Å². The van der Waals surface area contributed by atoms with Gasteiger partial charge in [-0.05, 0) is 24.7 Å². The first kappa shape index (κ1) is 35.0. The number of allylic oxidation sites excluding steroid dienone is 3. The van der Waals surface area contributed by atoms with E-state index in [1.54, 1.807) is 0 Å². The Balaban J connectivity index is 1.98. The van der Waals surface area contributed by atoms with Crippen molar-refractivity contribution in [2.24, 2.45) is 21.8 Å². The zero-order valence-electron chi connectivity index (χ0n) is 27.6. The van der Waals surface area contributed by atoms with Crippen LogP contribution in [0.15, 0.2) is 33.0 Å². The molecule has 0 N–H and O–H groups in total. The minimum atomic E-state index is 0.789. The maximum atomic E-state index is 5.42. The lowest BCUT2D eigenvalue weighted by molar-refractivity contribution is 0.400. The Bertz CT molecular complexity index is 755. The van der Waals surface area contributed by atoms with Gasteiger partial charge in [0.1, 0.15) is 0 Å². The number of hydrogen-bond donors (Lipinski definition) is 0. The molecule has 40 heavy (non-hydrogen) atoms. The van der Waals surface area contributed by atoms with Crippen molar-refractivity contribution in [2.75, 3.05) is 0 Å². The molecule has 0 saturated carbocycles. The molecule has 2 heterocycles. The summed E-state index contributed by atoms with van der Waals surface area (Å²) in [5, 5.41) is 0. The van der Waals surface area contributed by atoms with Gasteiger partial charge in [-0.15, -0.1) is 0 Å². The summed E-state index contributed by atoms with van der Waals surface area (Å²) in [5.41, 5.74) is 5.50. The molecule has 2 heteroatoms. The summed E-state index contributed by atoms with van der Waals surface area (Å²) in [7, 11) is 0. The number of nitrogens with zero attached hydrogens (tertiary/aromatic N) is 2. The lowest BCUT2D eigenvalue weighted by Gasteiger charge is -2.18. The minimum Gasteiger partial charge on any atom is -0.263 e. The molecule has 0 saturated heterocycles. The third-order valence-electron chi connectivity index (χ3n) is 9.42. The molecule has 0 bridgehead atoms. The van der Waals surface area contributed by atoms with Crippen molar-refractivity contribution in [1.82, 2.24) is 0 Å². The summed E-state index contributed by atoms with van der Waals surface area (Å²) >= 11 is 0. The lowest BCUT2D eigenvalue weighted by Crippen LogP contribution is -2.10. The van der Waals surface area contributed by atoms with Crippen LogP contribution in [0.25, 0.3) is 0 Å². The average molecular weight is 553 g/mol. The Morgan fingerprint density at radius 3 is 1.38 bits per heavy atom. The van der Waals surface area contributed by atoms with Crippen molar-refractivity contribution >= 4 is 11.9 Å². The highest BCUT2D eigenvalue weighted by atomic mass is 14.8. The Hall–Kier alpha value is -1.18. The molecule has 2 aliphatic heterocycles. The van der Waals surface area contributed by atoms with Crippen LogP contribution in [0.2, 0.25) is 0 Å². The van der Waals surface area contributed by atoms with Crippen molar-refractivity contribution < 1.29 is 0 Å². The maximum Gasteiger partial charge on any atom is 0.0504 e. The van der Waals surface area contributed by atoms with E-state index in [1.165, 1.54) is 189 Å². The molecule has 0 fully saturated rings. The van der Waals surface area contributed by atoms with Crippen LogP contribution in [-0.2, 0) is 0 Å². The van der Waals surface area contributed by atoms with E-state index in [0.717, 1.165) is 11.8 Å². The van der Waals surface area contributed by atoms with E-state index in [-0.39, 0.29) is 0 Å². The third kappa shape index (κ3) is 14.6. The molecule has 0 amide bonds. The fraction of sp³-hybridized carbons (Fsp3) is 0.842. The predicted octanol–water partition coefficient (Wildman–Crippen LogP) is 13.1. The van der Waals surface area contributed by atoms with Gasteiger partial charge >= 0.3 is 0 Å². The second-order valence-corrected chi connectivity index (χ2v) is 13.2. The summed E-state index contributed by atoms with van der Waals surface area (Å²) < 4.78 is 0. The normalized spacial score (nSPS) is 16.0. The van der Waals surface area contributed by atoms with Crippen LogP contribution >= 0.6 is 0 Å². The first-order valence-corrected chi connectivity index (χ1v) is 18.3. The summed E-state index contributed by atoms with van der Waals surface area (Å²) in [4.78, 5) is 10.1. The smallest absolute Gasteiger partial charge is 0.0504 e. The first-order chi connectivity index (χ1) is 19.7. The molecule has 230 valence electrons. The Morgan fingerprint density at radius 2 is 0.900 bits per heavy atom. The Morgan fingerprint density at radius 1 is 0.500 bits per heavy atom. The lowest BCUT2D eigenvalue weighted by atomic mass is 9.87. The van der Waals surface area contributed by atoms with Gasteiger partial charge in [-0.3, -0.25) is 9.98 Å². The molecule has 2 nitrogen and oxygen atoms in total. The largest absolute Gasteiger partial charge is 0.263 e. The number of aliphatic imine (C=N–C) groups is 2. The standard InChI is InChI=1S/C38H68N2/c1-5-9-13-17-19-23-27-33(25-21-15-11-7-3)29-37-35-31-39-32-36(35)38(40-37)30-34(26-22-16-12-8-4)28-24-20-18-14-10-6-2/h31-34H,5-30H2,1-4H3. The van der Waals surface area contributed by atoms with Crippen molar-refractivity contribution in [1.29, 1.82) is 0 Å². The molecular formula is C38H68N2. The number of fused-ring (bicyclic) bond motifs is 1. The molecule has 0 aromatic heterocycles. The highest BCUT2D eigenvalue weighted by Gasteiger charge is 2.28. The van der Waals surface area contributed by atoms with Crippen LogP contribution in [-0.4, -0.2) is 11.9 Å². The van der Waals surface area contributed by atoms with Crippen molar-refractivity contribution in [3.63, 3.8) is 0 Å². The molecule has 0 aromatic carbocycles. The Kier molecular flexibility index (Phi) is 20.5. The molecule has 0 aliphatic carbocycles. The monoisotopic (exact) mass is 553 g/mol. The van der Waals surface area contributed by atoms with Gasteiger partial charge in [0.05, 0.1) is 11.4 Å². The molecule has 2 rings (SSSR count). The zero-order valence-corrected chi connectivity index (χ0v) is 27.6. The molecule has 2 unspecified atom stereocenters. The summed E-state index contributed by atoms with van der Waals surface area (Å²) in [6.07, 6.45) is 39.9. The number of hydrogen-bond acceptors (Lipinski definition) is 2. The molecule has 0 aromatic rings. The average Bonchev–Trinajstić information content (AvgIpc) is 3.57. The van der Waals surface area contributed by atoms with E-state index < -0.39 is 0 Å².